The Kier molecular flexibility index (Phi) is 3.53. The molecular formula is C16H13N3O4. The van der Waals surface area contributed by atoms with Crippen LogP contribution in [0.3, 0.4) is 0 Å². The lowest BCUT2D eigenvalue weighted by Crippen LogP contribution is -2.42. The Labute approximate surface area is 131 Å². The molecule has 7 nitrogen and oxygen atoms in total. The number of nitro groups is 1. The average molecular weight is 311 g/mol. The highest BCUT2D eigenvalue weighted by molar-refractivity contribution is 6.15. The fraction of sp³-hybridized carbons (Fsp3) is 0.125. The van der Waals surface area contributed by atoms with Gasteiger partial charge in [0.15, 0.2) is 0 Å². The minimum atomic E-state index is -0.525. The van der Waals surface area contributed by atoms with Gasteiger partial charge < -0.3 is 5.32 Å². The molecule has 0 saturated carbocycles. The van der Waals surface area contributed by atoms with Gasteiger partial charge in [-0.3, -0.25) is 24.6 Å². The van der Waals surface area contributed by atoms with Gasteiger partial charge in [0.2, 0.25) is 5.91 Å². The van der Waals surface area contributed by atoms with Gasteiger partial charge in [-0.25, -0.2) is 0 Å². The Bertz CT molecular complexity index is 832. The van der Waals surface area contributed by atoms with Crippen LogP contribution < -0.4 is 10.2 Å². The van der Waals surface area contributed by atoms with E-state index in [4.69, 9.17) is 0 Å². The molecule has 0 aliphatic carbocycles. The number of nitrogens with zero attached hydrogens (tertiary/aromatic N) is 2. The lowest BCUT2D eigenvalue weighted by Gasteiger charge is -2.29. The Balaban J connectivity index is 2.07. The molecule has 2 aromatic rings. The van der Waals surface area contributed by atoms with Crippen molar-refractivity contribution in [3.63, 3.8) is 0 Å². The Morgan fingerprint density at radius 3 is 2.70 bits per heavy atom. The SMILES string of the molecule is Cc1c(C(=O)N2CC(=O)Nc3ccccc32)cccc1[N+](=O)[O-]. The third-order valence-corrected chi connectivity index (χ3v) is 3.75. The predicted molar refractivity (Wildman–Crippen MR) is 84.6 cm³/mol. The highest BCUT2D eigenvalue weighted by Gasteiger charge is 2.29. The van der Waals surface area contributed by atoms with Gasteiger partial charge in [-0.1, -0.05) is 18.2 Å². The van der Waals surface area contributed by atoms with Gasteiger partial charge in [-0.05, 0) is 25.1 Å². The minimum Gasteiger partial charge on any atom is -0.323 e. The summed E-state index contributed by atoms with van der Waals surface area (Å²) in [5, 5.41) is 13.7. The first-order chi connectivity index (χ1) is 11.0. The molecule has 1 aliphatic rings. The topological polar surface area (TPSA) is 92.6 Å². The summed E-state index contributed by atoms with van der Waals surface area (Å²) < 4.78 is 0. The van der Waals surface area contributed by atoms with Crippen molar-refractivity contribution in [3.05, 3.63) is 63.7 Å². The summed E-state index contributed by atoms with van der Waals surface area (Å²) >= 11 is 0. The molecule has 3 rings (SSSR count). The van der Waals surface area contributed by atoms with Gasteiger partial charge in [0.1, 0.15) is 6.54 Å². The van der Waals surface area contributed by atoms with Gasteiger partial charge in [0.05, 0.1) is 16.3 Å². The zero-order valence-electron chi connectivity index (χ0n) is 12.3. The van der Waals surface area contributed by atoms with Crippen LogP contribution in [-0.4, -0.2) is 23.3 Å². The van der Waals surface area contributed by atoms with Gasteiger partial charge in [0, 0.05) is 17.2 Å². The van der Waals surface area contributed by atoms with E-state index in [1.54, 1.807) is 24.3 Å². The molecule has 7 heteroatoms. The molecule has 0 aromatic heterocycles. The predicted octanol–water partition coefficient (Wildman–Crippen LogP) is 2.50. The van der Waals surface area contributed by atoms with E-state index >= 15 is 0 Å². The Morgan fingerprint density at radius 1 is 1.22 bits per heavy atom. The van der Waals surface area contributed by atoms with E-state index in [-0.39, 0.29) is 29.3 Å². The van der Waals surface area contributed by atoms with Crippen LogP contribution in [0, 0.1) is 17.0 Å². The summed E-state index contributed by atoms with van der Waals surface area (Å²) in [6.45, 7) is 1.40. The molecule has 0 spiro atoms. The highest BCUT2D eigenvalue weighted by atomic mass is 16.6. The van der Waals surface area contributed by atoms with Gasteiger partial charge in [-0.2, -0.15) is 0 Å². The molecule has 0 fully saturated rings. The summed E-state index contributed by atoms with van der Waals surface area (Å²) in [6.07, 6.45) is 0. The second-order valence-corrected chi connectivity index (χ2v) is 5.16. The average Bonchev–Trinajstić information content (AvgIpc) is 2.53. The summed E-state index contributed by atoms with van der Waals surface area (Å²) in [5.74, 6) is -0.742. The molecule has 0 unspecified atom stereocenters. The lowest BCUT2D eigenvalue weighted by molar-refractivity contribution is -0.385. The third-order valence-electron chi connectivity index (χ3n) is 3.75. The second-order valence-electron chi connectivity index (χ2n) is 5.16. The number of nitro benzene ring substituents is 1. The summed E-state index contributed by atoms with van der Waals surface area (Å²) in [5.41, 5.74) is 1.49. The van der Waals surface area contributed by atoms with E-state index in [1.807, 2.05) is 0 Å². The number of amides is 2. The van der Waals surface area contributed by atoms with Crippen LogP contribution in [0.5, 0.6) is 0 Å². The normalized spacial score (nSPS) is 13.3. The molecule has 1 heterocycles. The van der Waals surface area contributed by atoms with Crippen molar-refractivity contribution < 1.29 is 14.5 Å². The first-order valence-electron chi connectivity index (χ1n) is 6.94. The van der Waals surface area contributed by atoms with Crippen LogP contribution in [0.2, 0.25) is 0 Å². The number of fused-ring (bicyclic) bond motifs is 1. The highest BCUT2D eigenvalue weighted by Crippen LogP contribution is 2.31. The number of para-hydroxylation sites is 2. The number of benzene rings is 2. The molecule has 0 atom stereocenters. The summed E-state index contributed by atoms with van der Waals surface area (Å²) in [6, 6.07) is 11.3. The van der Waals surface area contributed by atoms with E-state index in [1.165, 1.54) is 30.0 Å². The Morgan fingerprint density at radius 2 is 1.96 bits per heavy atom. The van der Waals surface area contributed by atoms with E-state index in [0.717, 1.165) is 0 Å². The van der Waals surface area contributed by atoms with E-state index < -0.39 is 10.8 Å². The Hall–Kier alpha value is -3.22. The number of carbonyl (C=O) groups excluding carboxylic acids is 2. The molecule has 2 aromatic carbocycles. The molecule has 2 amide bonds. The van der Waals surface area contributed by atoms with Crippen LogP contribution in [0.1, 0.15) is 15.9 Å². The molecule has 0 saturated heterocycles. The van der Waals surface area contributed by atoms with Crippen LogP contribution in [0.25, 0.3) is 0 Å². The van der Waals surface area contributed by atoms with Crippen molar-refractivity contribution in [2.24, 2.45) is 0 Å². The van der Waals surface area contributed by atoms with Gasteiger partial charge in [-0.15, -0.1) is 0 Å². The number of carbonyl (C=O) groups is 2. The minimum absolute atomic E-state index is 0.120. The van der Waals surface area contributed by atoms with Crippen LogP contribution in [0.4, 0.5) is 17.1 Å². The van der Waals surface area contributed by atoms with Crippen molar-refractivity contribution in [1.29, 1.82) is 0 Å². The molecule has 1 N–H and O–H groups in total. The van der Waals surface area contributed by atoms with Crippen LogP contribution in [0.15, 0.2) is 42.5 Å². The van der Waals surface area contributed by atoms with E-state index in [0.29, 0.717) is 11.4 Å². The molecular weight excluding hydrogens is 298 g/mol. The van der Waals surface area contributed by atoms with Gasteiger partial charge >= 0.3 is 0 Å². The van der Waals surface area contributed by atoms with Crippen molar-refractivity contribution >= 4 is 28.9 Å². The summed E-state index contributed by atoms with van der Waals surface area (Å²) in [7, 11) is 0. The smallest absolute Gasteiger partial charge is 0.273 e. The van der Waals surface area contributed by atoms with Crippen LogP contribution in [-0.2, 0) is 4.79 Å². The first-order valence-corrected chi connectivity index (χ1v) is 6.94. The lowest BCUT2D eigenvalue weighted by atomic mass is 10.0. The van der Waals surface area contributed by atoms with Gasteiger partial charge in [0.25, 0.3) is 11.6 Å². The maximum Gasteiger partial charge on any atom is 0.273 e. The maximum atomic E-state index is 12.8. The molecule has 0 bridgehead atoms. The second kappa shape index (κ2) is 5.53. The number of hydrogen-bond acceptors (Lipinski definition) is 4. The molecule has 116 valence electrons. The van der Waals surface area contributed by atoms with E-state index in [2.05, 4.69) is 5.32 Å². The van der Waals surface area contributed by atoms with Crippen molar-refractivity contribution in [3.8, 4) is 0 Å². The summed E-state index contributed by atoms with van der Waals surface area (Å²) in [4.78, 5) is 36.5. The number of hydrogen-bond donors (Lipinski definition) is 1. The number of anilines is 2. The zero-order valence-corrected chi connectivity index (χ0v) is 12.3. The third kappa shape index (κ3) is 2.52. The fourth-order valence-corrected chi connectivity index (χ4v) is 2.61. The van der Waals surface area contributed by atoms with Crippen molar-refractivity contribution in [2.75, 3.05) is 16.8 Å². The van der Waals surface area contributed by atoms with Crippen molar-refractivity contribution in [1.82, 2.24) is 0 Å². The van der Waals surface area contributed by atoms with Crippen LogP contribution >= 0.6 is 0 Å². The number of nitrogens with one attached hydrogen (secondary N) is 1. The van der Waals surface area contributed by atoms with E-state index in [9.17, 15) is 19.7 Å². The molecule has 0 radical (unpaired) electrons. The standard InChI is InChI=1S/C16H13N3O4/c1-10-11(5-4-8-13(10)19(22)23)16(21)18-9-15(20)17-12-6-2-3-7-14(12)18/h2-8H,9H2,1H3,(H,17,20). The fourth-order valence-electron chi connectivity index (χ4n) is 2.61. The van der Waals surface area contributed by atoms with Crippen molar-refractivity contribution in [2.45, 2.75) is 6.92 Å². The number of rotatable bonds is 2. The monoisotopic (exact) mass is 311 g/mol. The largest absolute Gasteiger partial charge is 0.323 e. The first kappa shape index (κ1) is 14.7. The molecule has 23 heavy (non-hydrogen) atoms. The zero-order chi connectivity index (χ0) is 16.6. The quantitative estimate of drug-likeness (QED) is 0.681. The maximum absolute atomic E-state index is 12.8. The molecule has 1 aliphatic heterocycles.